The lowest BCUT2D eigenvalue weighted by Crippen LogP contribution is -2.52. The Morgan fingerprint density at radius 2 is 1.75 bits per heavy atom. The first-order valence-electron chi connectivity index (χ1n) is 11.4. The SMILES string of the molecule is O=C1CCC(N2Cc3ccc(CNc4ccc(C5CCNCC5)cc4)cc3C2=O)C(=O)N1. The van der Waals surface area contributed by atoms with Crippen molar-refractivity contribution >= 4 is 23.4 Å². The summed E-state index contributed by atoms with van der Waals surface area (Å²) < 4.78 is 0. The van der Waals surface area contributed by atoms with E-state index in [1.807, 2.05) is 18.2 Å². The molecule has 32 heavy (non-hydrogen) atoms. The van der Waals surface area contributed by atoms with E-state index in [1.165, 1.54) is 18.4 Å². The number of hydrogen-bond acceptors (Lipinski definition) is 5. The van der Waals surface area contributed by atoms with Gasteiger partial charge in [-0.15, -0.1) is 0 Å². The van der Waals surface area contributed by atoms with Gasteiger partial charge in [0.05, 0.1) is 0 Å². The highest BCUT2D eigenvalue weighted by molar-refractivity contribution is 6.05. The largest absolute Gasteiger partial charge is 0.381 e. The first kappa shape index (κ1) is 20.7. The predicted octanol–water partition coefficient (Wildman–Crippen LogP) is 2.53. The summed E-state index contributed by atoms with van der Waals surface area (Å²) in [6, 6.07) is 14.0. The molecule has 3 amide bonds. The summed E-state index contributed by atoms with van der Waals surface area (Å²) >= 11 is 0. The van der Waals surface area contributed by atoms with Crippen LogP contribution in [0.1, 0.15) is 58.6 Å². The van der Waals surface area contributed by atoms with Gasteiger partial charge in [-0.3, -0.25) is 19.7 Å². The average molecular weight is 433 g/mol. The Kier molecular flexibility index (Phi) is 5.66. The number of hydrogen-bond donors (Lipinski definition) is 3. The first-order valence-corrected chi connectivity index (χ1v) is 11.4. The van der Waals surface area contributed by atoms with Crippen molar-refractivity contribution in [3.63, 3.8) is 0 Å². The summed E-state index contributed by atoms with van der Waals surface area (Å²) in [7, 11) is 0. The van der Waals surface area contributed by atoms with E-state index in [-0.39, 0.29) is 24.1 Å². The zero-order chi connectivity index (χ0) is 22.1. The molecule has 0 spiro atoms. The molecule has 2 saturated heterocycles. The third-order valence-corrected chi connectivity index (χ3v) is 6.81. The van der Waals surface area contributed by atoms with Crippen molar-refractivity contribution in [2.45, 2.75) is 50.7 Å². The predicted molar refractivity (Wildman–Crippen MR) is 121 cm³/mol. The monoisotopic (exact) mass is 432 g/mol. The smallest absolute Gasteiger partial charge is 0.255 e. The van der Waals surface area contributed by atoms with Crippen LogP contribution >= 0.6 is 0 Å². The Bertz CT molecular complexity index is 1040. The topological polar surface area (TPSA) is 90.5 Å². The van der Waals surface area contributed by atoms with E-state index in [1.54, 1.807) is 4.90 Å². The standard InChI is InChI=1S/C25H28N4O3/c30-23-8-7-22(24(31)28-23)29-15-19-2-1-16(13-21(19)25(29)32)14-27-20-5-3-17(4-6-20)18-9-11-26-12-10-18/h1-6,13,18,22,26-27H,7-12,14-15H2,(H,28,30,31). The number of fused-ring (bicyclic) bond motifs is 1. The Labute approximate surface area is 187 Å². The van der Waals surface area contributed by atoms with Crippen LogP contribution in [0, 0.1) is 0 Å². The van der Waals surface area contributed by atoms with Crippen molar-refractivity contribution in [1.29, 1.82) is 0 Å². The number of amides is 3. The number of nitrogens with zero attached hydrogens (tertiary/aromatic N) is 1. The summed E-state index contributed by atoms with van der Waals surface area (Å²) in [5, 5.41) is 9.20. The molecule has 5 rings (SSSR count). The van der Waals surface area contributed by atoms with Crippen molar-refractivity contribution < 1.29 is 14.4 Å². The maximum absolute atomic E-state index is 13.0. The Morgan fingerprint density at radius 3 is 2.50 bits per heavy atom. The van der Waals surface area contributed by atoms with Gasteiger partial charge < -0.3 is 15.5 Å². The van der Waals surface area contributed by atoms with Crippen molar-refractivity contribution in [3.05, 3.63) is 64.7 Å². The molecule has 1 atom stereocenters. The van der Waals surface area contributed by atoms with E-state index in [9.17, 15) is 14.4 Å². The molecule has 2 fully saturated rings. The molecule has 3 aliphatic rings. The second-order valence-corrected chi connectivity index (χ2v) is 8.89. The van der Waals surface area contributed by atoms with Gasteiger partial charge in [-0.25, -0.2) is 0 Å². The minimum absolute atomic E-state index is 0.136. The molecule has 7 nitrogen and oxygen atoms in total. The number of rotatable bonds is 5. The highest BCUT2D eigenvalue weighted by atomic mass is 16.2. The second kappa shape index (κ2) is 8.74. The van der Waals surface area contributed by atoms with Gasteiger partial charge in [0, 0.05) is 30.8 Å². The van der Waals surface area contributed by atoms with Crippen LogP contribution in [-0.2, 0) is 22.7 Å². The highest BCUT2D eigenvalue weighted by Gasteiger charge is 2.39. The lowest BCUT2D eigenvalue weighted by molar-refractivity contribution is -0.136. The molecule has 166 valence electrons. The molecule has 0 bridgehead atoms. The lowest BCUT2D eigenvalue weighted by atomic mass is 9.90. The molecule has 3 N–H and O–H groups in total. The zero-order valence-corrected chi connectivity index (χ0v) is 18.0. The summed E-state index contributed by atoms with van der Waals surface area (Å²) in [6.07, 6.45) is 3.02. The lowest BCUT2D eigenvalue weighted by Gasteiger charge is -2.29. The molecule has 0 saturated carbocycles. The molecule has 1 unspecified atom stereocenters. The highest BCUT2D eigenvalue weighted by Crippen LogP contribution is 2.29. The van der Waals surface area contributed by atoms with E-state index in [0.717, 1.165) is 29.9 Å². The molecule has 3 aliphatic heterocycles. The number of imide groups is 1. The van der Waals surface area contributed by atoms with E-state index < -0.39 is 6.04 Å². The van der Waals surface area contributed by atoms with E-state index >= 15 is 0 Å². The first-order chi connectivity index (χ1) is 15.6. The summed E-state index contributed by atoms with van der Waals surface area (Å²) in [5.74, 6) is -0.146. The minimum atomic E-state index is -0.576. The molecule has 2 aromatic rings. The van der Waals surface area contributed by atoms with Crippen LogP contribution in [-0.4, -0.2) is 41.8 Å². The zero-order valence-electron chi connectivity index (χ0n) is 18.0. The van der Waals surface area contributed by atoms with Gasteiger partial charge in [0.2, 0.25) is 11.8 Å². The fourth-order valence-electron chi connectivity index (χ4n) is 4.94. The number of carbonyl (C=O) groups excluding carboxylic acids is 3. The molecule has 0 aromatic heterocycles. The third kappa shape index (κ3) is 4.12. The number of benzene rings is 2. The average Bonchev–Trinajstić information content (AvgIpc) is 3.14. The van der Waals surface area contributed by atoms with Crippen molar-refractivity contribution in [2.75, 3.05) is 18.4 Å². The van der Waals surface area contributed by atoms with Gasteiger partial charge in [0.25, 0.3) is 5.91 Å². The number of carbonyl (C=O) groups is 3. The molecule has 2 aromatic carbocycles. The van der Waals surface area contributed by atoms with Crippen LogP contribution in [0.3, 0.4) is 0 Å². The normalized spacial score (nSPS) is 21.4. The molecule has 7 heteroatoms. The van der Waals surface area contributed by atoms with Gasteiger partial charge >= 0.3 is 0 Å². The van der Waals surface area contributed by atoms with Crippen molar-refractivity contribution in [2.24, 2.45) is 0 Å². The van der Waals surface area contributed by atoms with Crippen LogP contribution in [0.25, 0.3) is 0 Å². The number of nitrogens with one attached hydrogen (secondary N) is 3. The van der Waals surface area contributed by atoms with Crippen molar-refractivity contribution in [1.82, 2.24) is 15.5 Å². The maximum atomic E-state index is 13.0. The summed E-state index contributed by atoms with van der Waals surface area (Å²) in [5.41, 5.74) is 5.04. The Hall–Kier alpha value is -3.19. The van der Waals surface area contributed by atoms with Crippen LogP contribution in [0.2, 0.25) is 0 Å². The van der Waals surface area contributed by atoms with Gasteiger partial charge in [-0.2, -0.15) is 0 Å². The van der Waals surface area contributed by atoms with Crippen molar-refractivity contribution in [3.8, 4) is 0 Å². The van der Waals surface area contributed by atoms with Gasteiger partial charge in [0.15, 0.2) is 0 Å². The maximum Gasteiger partial charge on any atom is 0.255 e. The van der Waals surface area contributed by atoms with Gasteiger partial charge in [0.1, 0.15) is 6.04 Å². The summed E-state index contributed by atoms with van der Waals surface area (Å²) in [6.45, 7) is 3.20. The molecule has 0 radical (unpaired) electrons. The van der Waals surface area contributed by atoms with Crippen LogP contribution in [0.4, 0.5) is 5.69 Å². The Balaban J connectivity index is 1.22. The molecule has 3 heterocycles. The van der Waals surface area contributed by atoms with E-state index in [0.29, 0.717) is 31.0 Å². The van der Waals surface area contributed by atoms with Crippen LogP contribution in [0.5, 0.6) is 0 Å². The molecule has 0 aliphatic carbocycles. The fraction of sp³-hybridized carbons (Fsp3) is 0.400. The molecular formula is C25H28N4O3. The minimum Gasteiger partial charge on any atom is -0.381 e. The molecular weight excluding hydrogens is 404 g/mol. The Morgan fingerprint density at radius 1 is 0.969 bits per heavy atom. The fourth-order valence-corrected chi connectivity index (χ4v) is 4.94. The van der Waals surface area contributed by atoms with Crippen LogP contribution in [0.15, 0.2) is 42.5 Å². The van der Waals surface area contributed by atoms with Gasteiger partial charge in [-0.1, -0.05) is 24.3 Å². The quantitative estimate of drug-likeness (QED) is 0.632. The van der Waals surface area contributed by atoms with E-state index in [4.69, 9.17) is 0 Å². The third-order valence-electron chi connectivity index (χ3n) is 6.81. The number of piperidine rings is 2. The number of anilines is 1. The second-order valence-electron chi connectivity index (χ2n) is 8.89. The van der Waals surface area contributed by atoms with Crippen LogP contribution < -0.4 is 16.0 Å². The van der Waals surface area contributed by atoms with Gasteiger partial charge in [-0.05, 0) is 73.2 Å². The van der Waals surface area contributed by atoms with E-state index in [2.05, 4.69) is 40.2 Å². The summed E-state index contributed by atoms with van der Waals surface area (Å²) in [4.78, 5) is 38.2.